The largest absolute Gasteiger partial charge is 0.340 e. The molecule has 2 heterocycles. The van der Waals surface area contributed by atoms with Crippen molar-refractivity contribution in [1.29, 1.82) is 0 Å². The van der Waals surface area contributed by atoms with Gasteiger partial charge < -0.3 is 10.2 Å². The molecule has 1 aliphatic heterocycles. The number of rotatable bonds is 4. The van der Waals surface area contributed by atoms with E-state index in [4.69, 9.17) is 11.6 Å². The number of hydrogen-bond acceptors (Lipinski definition) is 4. The van der Waals surface area contributed by atoms with E-state index < -0.39 is 0 Å². The minimum atomic E-state index is -0.106. The Morgan fingerprint density at radius 2 is 1.82 bits per heavy atom. The van der Waals surface area contributed by atoms with Gasteiger partial charge in [0.05, 0.1) is 5.92 Å². The highest BCUT2D eigenvalue weighted by Crippen LogP contribution is 2.24. The number of carbonyl (C=O) groups excluding carboxylic acids is 1. The molecule has 1 fully saturated rings. The Balaban J connectivity index is 1.42. The molecule has 2 aromatic carbocycles. The minimum absolute atomic E-state index is 0.00729. The van der Waals surface area contributed by atoms with Crippen molar-refractivity contribution >= 4 is 29.1 Å². The zero-order chi connectivity index (χ0) is 19.3. The number of carbonyl (C=O) groups is 1. The zero-order valence-corrected chi connectivity index (χ0v) is 16.1. The number of nitrogens with one attached hydrogen (secondary N) is 1. The Bertz CT molecular complexity index is 946. The second kappa shape index (κ2) is 8.40. The number of anilines is 2. The molecule has 1 amide bonds. The van der Waals surface area contributed by atoms with Gasteiger partial charge in [-0.05, 0) is 36.6 Å². The topological polar surface area (TPSA) is 58.1 Å². The van der Waals surface area contributed by atoms with Gasteiger partial charge in [-0.1, -0.05) is 48.0 Å². The maximum atomic E-state index is 12.7. The Labute approximate surface area is 169 Å². The van der Waals surface area contributed by atoms with Crippen LogP contribution in [0, 0.1) is 5.92 Å². The van der Waals surface area contributed by atoms with Gasteiger partial charge in [0.25, 0.3) is 0 Å². The molecule has 3 aromatic rings. The van der Waals surface area contributed by atoms with Crippen molar-refractivity contribution in [2.24, 2.45) is 5.92 Å². The molecule has 4 rings (SSSR count). The summed E-state index contributed by atoms with van der Waals surface area (Å²) in [7, 11) is 0. The van der Waals surface area contributed by atoms with Crippen LogP contribution in [0.5, 0.6) is 0 Å². The summed E-state index contributed by atoms with van der Waals surface area (Å²) in [6.07, 6.45) is 5.46. The van der Waals surface area contributed by atoms with E-state index in [0.29, 0.717) is 17.5 Å². The first-order valence-electron chi connectivity index (χ1n) is 9.38. The molecule has 28 heavy (non-hydrogen) atoms. The summed E-state index contributed by atoms with van der Waals surface area (Å²) < 4.78 is 0. The van der Waals surface area contributed by atoms with Crippen molar-refractivity contribution in [3.8, 4) is 11.1 Å². The number of halogens is 1. The summed E-state index contributed by atoms with van der Waals surface area (Å²) in [5.74, 6) is 0.568. The van der Waals surface area contributed by atoms with Crippen molar-refractivity contribution in [3.05, 3.63) is 72.0 Å². The van der Waals surface area contributed by atoms with Gasteiger partial charge in [-0.3, -0.25) is 4.79 Å². The number of hydrogen-bond donors (Lipinski definition) is 1. The standard InChI is InChI=1S/C22H21ClN4O/c23-19-9-4-10-20(12-19)26-21(28)17-8-5-11-27(15-17)22-24-13-18(14-25-22)16-6-2-1-3-7-16/h1-4,6-7,9-10,12-14,17H,5,8,11,15H2,(H,26,28)/t17-/m1/s1. The summed E-state index contributed by atoms with van der Waals surface area (Å²) in [6, 6.07) is 17.3. The van der Waals surface area contributed by atoms with E-state index in [0.717, 1.165) is 36.2 Å². The van der Waals surface area contributed by atoms with E-state index in [1.54, 1.807) is 12.1 Å². The number of aromatic nitrogens is 2. The van der Waals surface area contributed by atoms with Gasteiger partial charge in [0.1, 0.15) is 0 Å². The van der Waals surface area contributed by atoms with Crippen molar-refractivity contribution in [1.82, 2.24) is 9.97 Å². The Morgan fingerprint density at radius 1 is 1.04 bits per heavy atom. The third-order valence-electron chi connectivity index (χ3n) is 4.91. The molecule has 0 bridgehead atoms. The van der Waals surface area contributed by atoms with Crippen LogP contribution in [0.2, 0.25) is 5.02 Å². The van der Waals surface area contributed by atoms with E-state index in [1.807, 2.05) is 54.9 Å². The van der Waals surface area contributed by atoms with Gasteiger partial charge in [0.15, 0.2) is 0 Å². The van der Waals surface area contributed by atoms with Crippen LogP contribution in [0.25, 0.3) is 11.1 Å². The molecule has 142 valence electrons. The summed E-state index contributed by atoms with van der Waals surface area (Å²) >= 11 is 6.00. The average molecular weight is 393 g/mol. The Morgan fingerprint density at radius 3 is 2.57 bits per heavy atom. The molecular formula is C22H21ClN4O. The van der Waals surface area contributed by atoms with Crippen molar-refractivity contribution in [3.63, 3.8) is 0 Å². The van der Waals surface area contributed by atoms with Crippen molar-refractivity contribution in [2.45, 2.75) is 12.8 Å². The Hall–Kier alpha value is -2.92. The molecule has 0 radical (unpaired) electrons. The number of amides is 1. The van der Waals surface area contributed by atoms with Crippen LogP contribution < -0.4 is 10.2 Å². The molecule has 0 aliphatic carbocycles. The first kappa shape index (κ1) is 18.4. The van der Waals surface area contributed by atoms with E-state index in [1.165, 1.54) is 0 Å². The van der Waals surface area contributed by atoms with Crippen LogP contribution >= 0.6 is 11.6 Å². The molecule has 6 heteroatoms. The number of benzene rings is 2. The predicted octanol–water partition coefficient (Wildman–Crippen LogP) is 4.65. The molecule has 0 spiro atoms. The minimum Gasteiger partial charge on any atom is -0.340 e. The zero-order valence-electron chi connectivity index (χ0n) is 15.4. The van der Waals surface area contributed by atoms with Crippen LogP contribution in [0.15, 0.2) is 67.0 Å². The van der Waals surface area contributed by atoms with E-state index >= 15 is 0 Å². The quantitative estimate of drug-likeness (QED) is 0.702. The summed E-state index contributed by atoms with van der Waals surface area (Å²) in [5.41, 5.74) is 2.79. The molecule has 1 aliphatic rings. The van der Waals surface area contributed by atoms with Gasteiger partial charge in [0.2, 0.25) is 11.9 Å². The van der Waals surface area contributed by atoms with E-state index in [2.05, 4.69) is 20.2 Å². The van der Waals surface area contributed by atoms with E-state index in [9.17, 15) is 4.79 Å². The van der Waals surface area contributed by atoms with Gasteiger partial charge >= 0.3 is 0 Å². The first-order chi connectivity index (χ1) is 13.7. The second-order valence-electron chi connectivity index (χ2n) is 6.92. The fraction of sp³-hybridized carbons (Fsp3) is 0.227. The molecule has 1 aromatic heterocycles. The normalized spacial score (nSPS) is 16.6. The third kappa shape index (κ3) is 4.31. The lowest BCUT2D eigenvalue weighted by Crippen LogP contribution is -2.41. The average Bonchev–Trinajstić information content (AvgIpc) is 2.75. The van der Waals surface area contributed by atoms with Gasteiger partial charge in [-0.25, -0.2) is 9.97 Å². The maximum absolute atomic E-state index is 12.7. The Kier molecular flexibility index (Phi) is 5.53. The fourth-order valence-corrected chi connectivity index (χ4v) is 3.64. The fourth-order valence-electron chi connectivity index (χ4n) is 3.45. The molecule has 0 unspecified atom stereocenters. The lowest BCUT2D eigenvalue weighted by molar-refractivity contribution is -0.120. The van der Waals surface area contributed by atoms with Gasteiger partial charge in [-0.2, -0.15) is 0 Å². The highest BCUT2D eigenvalue weighted by molar-refractivity contribution is 6.30. The number of piperidine rings is 1. The SMILES string of the molecule is O=C(Nc1cccc(Cl)c1)[C@@H]1CCCN(c2ncc(-c3ccccc3)cn2)C1. The molecule has 1 atom stereocenters. The van der Waals surface area contributed by atoms with E-state index in [-0.39, 0.29) is 11.8 Å². The third-order valence-corrected chi connectivity index (χ3v) is 5.15. The maximum Gasteiger partial charge on any atom is 0.229 e. The summed E-state index contributed by atoms with van der Waals surface area (Å²) in [4.78, 5) is 23.8. The van der Waals surface area contributed by atoms with Crippen LogP contribution in [0.4, 0.5) is 11.6 Å². The predicted molar refractivity (Wildman–Crippen MR) is 112 cm³/mol. The summed E-state index contributed by atoms with van der Waals surface area (Å²) in [5, 5.41) is 3.57. The highest BCUT2D eigenvalue weighted by atomic mass is 35.5. The first-order valence-corrected chi connectivity index (χ1v) is 9.76. The molecule has 1 saturated heterocycles. The van der Waals surface area contributed by atoms with Crippen LogP contribution in [0.3, 0.4) is 0 Å². The molecule has 5 nitrogen and oxygen atoms in total. The lowest BCUT2D eigenvalue weighted by Gasteiger charge is -2.32. The van der Waals surface area contributed by atoms with Crippen molar-refractivity contribution in [2.75, 3.05) is 23.3 Å². The molecule has 1 N–H and O–H groups in total. The monoisotopic (exact) mass is 392 g/mol. The van der Waals surface area contributed by atoms with Gasteiger partial charge in [0, 0.05) is 41.8 Å². The highest BCUT2D eigenvalue weighted by Gasteiger charge is 2.27. The smallest absolute Gasteiger partial charge is 0.229 e. The number of nitrogens with zero attached hydrogens (tertiary/aromatic N) is 3. The molecular weight excluding hydrogens is 372 g/mol. The lowest BCUT2D eigenvalue weighted by atomic mass is 9.97. The van der Waals surface area contributed by atoms with Crippen LogP contribution in [0.1, 0.15) is 12.8 Å². The van der Waals surface area contributed by atoms with Gasteiger partial charge in [-0.15, -0.1) is 0 Å². The van der Waals surface area contributed by atoms with Crippen LogP contribution in [-0.4, -0.2) is 29.0 Å². The van der Waals surface area contributed by atoms with Crippen molar-refractivity contribution < 1.29 is 4.79 Å². The summed E-state index contributed by atoms with van der Waals surface area (Å²) in [6.45, 7) is 1.46. The molecule has 0 saturated carbocycles. The van der Waals surface area contributed by atoms with Crippen LogP contribution in [-0.2, 0) is 4.79 Å². The second-order valence-corrected chi connectivity index (χ2v) is 7.36.